The van der Waals surface area contributed by atoms with Gasteiger partial charge in [0, 0.05) is 42.5 Å². The molecule has 2 aliphatic rings. The maximum atomic E-state index is 13.4. The number of halogens is 2. The molecule has 1 saturated heterocycles. The normalized spacial score (nSPS) is 15.0. The van der Waals surface area contributed by atoms with Gasteiger partial charge in [0.05, 0.1) is 0 Å². The first kappa shape index (κ1) is 23.6. The third kappa shape index (κ3) is 4.96. The molecule has 2 N–H and O–H groups in total. The molecule has 1 aromatic heterocycles. The molecule has 0 aliphatic carbocycles. The maximum absolute atomic E-state index is 13.4. The van der Waals surface area contributed by atoms with Gasteiger partial charge in [-0.25, -0.2) is 8.78 Å². The molecule has 0 unspecified atom stereocenters. The van der Waals surface area contributed by atoms with Gasteiger partial charge in [-0.05, 0) is 37.1 Å². The SMILES string of the molecule is O=C(Nc1ccc2c(c1)OCO2)c1nnc(C(=O)N2CCC(C(=O)Nc3ccc(F)c(F)c3)CC2)s1. The summed E-state index contributed by atoms with van der Waals surface area (Å²) in [6, 6.07) is 8.10. The van der Waals surface area contributed by atoms with Gasteiger partial charge in [0.2, 0.25) is 22.7 Å². The molecule has 36 heavy (non-hydrogen) atoms. The highest BCUT2D eigenvalue weighted by molar-refractivity contribution is 7.15. The number of nitrogens with one attached hydrogen (secondary N) is 2. The van der Waals surface area contributed by atoms with Crippen LogP contribution in [0.3, 0.4) is 0 Å². The lowest BCUT2D eigenvalue weighted by Gasteiger charge is -2.30. The quantitative estimate of drug-likeness (QED) is 0.535. The fourth-order valence-electron chi connectivity index (χ4n) is 3.86. The van der Waals surface area contributed by atoms with Crippen LogP contribution in [0.5, 0.6) is 11.5 Å². The van der Waals surface area contributed by atoms with Crippen molar-refractivity contribution >= 4 is 40.4 Å². The summed E-state index contributed by atoms with van der Waals surface area (Å²) >= 11 is 0.872. The number of aromatic nitrogens is 2. The van der Waals surface area contributed by atoms with Crippen molar-refractivity contribution < 1.29 is 32.6 Å². The van der Waals surface area contributed by atoms with Crippen molar-refractivity contribution in [2.24, 2.45) is 5.92 Å². The Morgan fingerprint density at radius 3 is 2.36 bits per heavy atom. The van der Waals surface area contributed by atoms with Crippen molar-refractivity contribution in [3.05, 3.63) is 58.0 Å². The number of likely N-dealkylation sites (tertiary alicyclic amines) is 1. The van der Waals surface area contributed by atoms with Gasteiger partial charge in [-0.3, -0.25) is 14.4 Å². The highest BCUT2D eigenvalue weighted by Crippen LogP contribution is 2.34. The number of hydrogen-bond donors (Lipinski definition) is 2. The predicted octanol–water partition coefficient (Wildman–Crippen LogP) is 3.29. The Labute approximate surface area is 207 Å². The van der Waals surface area contributed by atoms with E-state index in [1.807, 2.05) is 0 Å². The van der Waals surface area contributed by atoms with Gasteiger partial charge in [-0.15, -0.1) is 10.2 Å². The number of carbonyl (C=O) groups is 3. The van der Waals surface area contributed by atoms with Crippen molar-refractivity contribution in [3.63, 3.8) is 0 Å². The van der Waals surface area contributed by atoms with Crippen LogP contribution < -0.4 is 20.1 Å². The largest absolute Gasteiger partial charge is 0.454 e. The van der Waals surface area contributed by atoms with E-state index in [9.17, 15) is 23.2 Å². The molecule has 2 aliphatic heterocycles. The van der Waals surface area contributed by atoms with Crippen molar-refractivity contribution in [3.8, 4) is 11.5 Å². The molecule has 3 amide bonds. The van der Waals surface area contributed by atoms with Gasteiger partial charge in [-0.2, -0.15) is 0 Å². The van der Waals surface area contributed by atoms with E-state index in [1.165, 1.54) is 6.07 Å². The molecule has 3 heterocycles. The summed E-state index contributed by atoms with van der Waals surface area (Å²) in [5.74, 6) is -2.55. The molecule has 0 atom stereocenters. The first-order valence-electron chi connectivity index (χ1n) is 11.0. The van der Waals surface area contributed by atoms with E-state index < -0.39 is 17.5 Å². The Morgan fingerprint density at radius 2 is 1.58 bits per heavy atom. The number of rotatable bonds is 5. The zero-order valence-corrected chi connectivity index (χ0v) is 19.4. The van der Waals surface area contributed by atoms with E-state index >= 15 is 0 Å². The summed E-state index contributed by atoms with van der Waals surface area (Å²) in [4.78, 5) is 39.4. The predicted molar refractivity (Wildman–Crippen MR) is 124 cm³/mol. The average molecular weight is 515 g/mol. The molecule has 0 saturated carbocycles. The molecule has 3 aromatic rings. The second-order valence-electron chi connectivity index (χ2n) is 8.12. The van der Waals surface area contributed by atoms with Gasteiger partial charge < -0.3 is 25.0 Å². The van der Waals surface area contributed by atoms with Crippen LogP contribution in [0.2, 0.25) is 0 Å². The summed E-state index contributed by atoms with van der Waals surface area (Å²) in [5, 5.41) is 13.0. The Balaban J connectivity index is 1.14. The smallest absolute Gasteiger partial charge is 0.286 e. The second-order valence-corrected chi connectivity index (χ2v) is 9.10. The molecule has 13 heteroatoms. The van der Waals surface area contributed by atoms with Crippen LogP contribution >= 0.6 is 11.3 Å². The van der Waals surface area contributed by atoms with Gasteiger partial charge in [0.15, 0.2) is 23.1 Å². The van der Waals surface area contributed by atoms with Gasteiger partial charge in [0.25, 0.3) is 11.8 Å². The molecule has 0 bridgehead atoms. The van der Waals surface area contributed by atoms with Gasteiger partial charge in [-0.1, -0.05) is 11.3 Å². The third-order valence-electron chi connectivity index (χ3n) is 5.77. The number of amides is 3. The number of piperidine rings is 1. The molecule has 0 radical (unpaired) electrons. The minimum absolute atomic E-state index is 0.0248. The summed E-state index contributed by atoms with van der Waals surface area (Å²) in [6.45, 7) is 0.713. The summed E-state index contributed by atoms with van der Waals surface area (Å²) in [7, 11) is 0. The third-order valence-corrected chi connectivity index (χ3v) is 6.68. The fraction of sp³-hybridized carbons (Fsp3) is 0.261. The topological polar surface area (TPSA) is 123 Å². The molecule has 186 valence electrons. The van der Waals surface area contributed by atoms with E-state index in [-0.39, 0.29) is 40.2 Å². The minimum Gasteiger partial charge on any atom is -0.454 e. The summed E-state index contributed by atoms with van der Waals surface area (Å²) < 4.78 is 37.0. The first-order valence-corrected chi connectivity index (χ1v) is 11.8. The van der Waals surface area contributed by atoms with Crippen LogP contribution in [-0.2, 0) is 4.79 Å². The van der Waals surface area contributed by atoms with Crippen LogP contribution in [0, 0.1) is 17.6 Å². The highest BCUT2D eigenvalue weighted by Gasteiger charge is 2.30. The molecule has 0 spiro atoms. The number of fused-ring (bicyclic) bond motifs is 1. The number of anilines is 2. The van der Waals surface area contributed by atoms with Crippen LogP contribution in [0.1, 0.15) is 32.4 Å². The number of hydrogen-bond acceptors (Lipinski definition) is 8. The summed E-state index contributed by atoms with van der Waals surface area (Å²) in [5.41, 5.74) is 0.647. The lowest BCUT2D eigenvalue weighted by atomic mass is 9.95. The maximum Gasteiger partial charge on any atom is 0.286 e. The standard InChI is InChI=1S/C23H19F2N5O5S/c24-15-3-1-13(9-16(15)25)26-19(31)12-5-7-30(8-6-12)23(33)22-29-28-21(36-22)20(32)27-14-2-4-17-18(10-14)35-11-34-17/h1-4,9-10,12H,5-8,11H2,(H,26,31)(H,27,32). The van der Waals surface area contributed by atoms with E-state index in [2.05, 4.69) is 20.8 Å². The Bertz CT molecular complexity index is 1340. The second kappa shape index (κ2) is 9.85. The Morgan fingerprint density at radius 1 is 0.889 bits per heavy atom. The van der Waals surface area contributed by atoms with Crippen molar-refractivity contribution in [1.82, 2.24) is 15.1 Å². The Hall–Kier alpha value is -4.13. The zero-order valence-electron chi connectivity index (χ0n) is 18.6. The monoisotopic (exact) mass is 515 g/mol. The summed E-state index contributed by atoms with van der Waals surface area (Å²) in [6.07, 6.45) is 0.773. The number of nitrogens with zero attached hydrogens (tertiary/aromatic N) is 3. The van der Waals surface area contributed by atoms with Gasteiger partial charge in [0.1, 0.15) is 0 Å². The molecule has 5 rings (SSSR count). The van der Waals surface area contributed by atoms with Crippen LogP contribution in [0.15, 0.2) is 36.4 Å². The molecular weight excluding hydrogens is 496 g/mol. The molecular formula is C23H19F2N5O5S. The first-order chi connectivity index (χ1) is 17.4. The van der Waals surface area contributed by atoms with Gasteiger partial charge >= 0.3 is 0 Å². The highest BCUT2D eigenvalue weighted by atomic mass is 32.1. The molecule has 1 fully saturated rings. The lowest BCUT2D eigenvalue weighted by molar-refractivity contribution is -0.121. The van der Waals surface area contributed by atoms with E-state index in [0.29, 0.717) is 43.1 Å². The van der Waals surface area contributed by atoms with E-state index in [4.69, 9.17) is 9.47 Å². The van der Waals surface area contributed by atoms with Crippen molar-refractivity contribution in [2.75, 3.05) is 30.5 Å². The van der Waals surface area contributed by atoms with E-state index in [1.54, 1.807) is 23.1 Å². The Kier molecular flexibility index (Phi) is 6.46. The van der Waals surface area contributed by atoms with Crippen LogP contribution in [0.25, 0.3) is 0 Å². The van der Waals surface area contributed by atoms with Crippen LogP contribution in [0.4, 0.5) is 20.2 Å². The fourth-order valence-corrected chi connectivity index (χ4v) is 4.57. The lowest BCUT2D eigenvalue weighted by Crippen LogP contribution is -2.41. The number of ether oxygens (including phenoxy) is 2. The average Bonchev–Trinajstić information content (AvgIpc) is 3.56. The van der Waals surface area contributed by atoms with Crippen molar-refractivity contribution in [1.29, 1.82) is 0 Å². The molecule has 10 nitrogen and oxygen atoms in total. The number of benzene rings is 2. The van der Waals surface area contributed by atoms with E-state index in [0.717, 1.165) is 23.5 Å². The van der Waals surface area contributed by atoms with Crippen molar-refractivity contribution in [2.45, 2.75) is 12.8 Å². The van der Waals surface area contributed by atoms with Crippen LogP contribution in [-0.4, -0.2) is 52.7 Å². The number of carbonyl (C=O) groups excluding carboxylic acids is 3. The zero-order chi connectivity index (χ0) is 25.2. The minimum atomic E-state index is -1.05. The molecule has 2 aromatic carbocycles.